The van der Waals surface area contributed by atoms with Gasteiger partial charge in [0.15, 0.2) is 0 Å². The molecule has 8 heteroatoms. The highest BCUT2D eigenvalue weighted by Crippen LogP contribution is 2.21. The molecule has 2 rings (SSSR count). The molecule has 0 saturated heterocycles. The van der Waals surface area contributed by atoms with Crippen LogP contribution in [-0.4, -0.2) is 22.7 Å². The van der Waals surface area contributed by atoms with Crippen LogP contribution < -0.4 is 11.1 Å². The number of rotatable bonds is 6. The van der Waals surface area contributed by atoms with Gasteiger partial charge < -0.3 is 10.2 Å². The monoisotopic (exact) mass is 323 g/mol. The summed E-state index contributed by atoms with van der Waals surface area (Å²) in [6.45, 7) is 0. The number of aromatic nitrogens is 1. The van der Waals surface area contributed by atoms with Crippen LogP contribution in [0.4, 0.5) is 9.18 Å². The number of nitrogens with two attached hydrogens (primary N) is 1. The van der Waals surface area contributed by atoms with Gasteiger partial charge in [-0.05, 0) is 24.3 Å². The van der Waals surface area contributed by atoms with E-state index in [1.54, 1.807) is 12.1 Å². The van der Waals surface area contributed by atoms with Crippen molar-refractivity contribution < 1.29 is 18.4 Å². The van der Waals surface area contributed by atoms with E-state index in [1.165, 1.54) is 30.2 Å². The number of halogens is 1. The zero-order valence-corrected chi connectivity index (χ0v) is 12.4. The van der Waals surface area contributed by atoms with Gasteiger partial charge in [-0.2, -0.15) is 11.8 Å². The predicted octanol–water partition coefficient (Wildman–Crippen LogP) is 2.30. The molecule has 0 fully saturated rings. The largest absolute Gasteiger partial charge is 0.444 e. The van der Waals surface area contributed by atoms with Crippen LogP contribution in [0.5, 0.6) is 0 Å². The highest BCUT2D eigenvalue weighted by molar-refractivity contribution is 7.98. The number of hydrogen-bond donors (Lipinski definition) is 2. The Hall–Kier alpha value is -2.35. The predicted molar refractivity (Wildman–Crippen MR) is 80.4 cm³/mol. The van der Waals surface area contributed by atoms with Gasteiger partial charge in [-0.25, -0.2) is 14.2 Å². The first-order valence-electron chi connectivity index (χ1n) is 6.42. The fourth-order valence-electron chi connectivity index (χ4n) is 1.64. The second-order valence-corrected chi connectivity index (χ2v) is 5.47. The van der Waals surface area contributed by atoms with Crippen LogP contribution in [0.25, 0.3) is 11.5 Å². The first-order chi connectivity index (χ1) is 10.5. The lowest BCUT2D eigenvalue weighted by Crippen LogP contribution is -2.35. The first-order valence-corrected chi connectivity index (χ1v) is 7.57. The van der Waals surface area contributed by atoms with Crippen LogP contribution in [0.3, 0.4) is 0 Å². The lowest BCUT2D eigenvalue weighted by Gasteiger charge is -1.99. The number of nitrogens with zero attached hydrogens (tertiary/aromatic N) is 1. The van der Waals surface area contributed by atoms with Gasteiger partial charge in [0, 0.05) is 23.5 Å². The zero-order chi connectivity index (χ0) is 15.9. The maximum Gasteiger partial charge on any atom is 0.318 e. The lowest BCUT2D eigenvalue weighted by molar-refractivity contribution is -0.119. The van der Waals surface area contributed by atoms with E-state index >= 15 is 0 Å². The van der Waals surface area contributed by atoms with Crippen molar-refractivity contribution in [3.05, 3.63) is 42.0 Å². The summed E-state index contributed by atoms with van der Waals surface area (Å²) in [7, 11) is 0. The molecule has 116 valence electrons. The molecular weight excluding hydrogens is 309 g/mol. The molecule has 1 aromatic carbocycles. The number of thioether (sulfide) groups is 1. The Morgan fingerprint density at radius 1 is 1.32 bits per heavy atom. The Labute approximate surface area is 130 Å². The van der Waals surface area contributed by atoms with E-state index in [4.69, 9.17) is 10.2 Å². The Kier molecular flexibility index (Phi) is 5.54. The van der Waals surface area contributed by atoms with E-state index in [2.05, 4.69) is 4.98 Å². The summed E-state index contributed by atoms with van der Waals surface area (Å²) in [5, 5.41) is 1.99. The molecule has 0 unspecified atom stereocenters. The van der Waals surface area contributed by atoms with Crippen LogP contribution in [0.1, 0.15) is 12.1 Å². The molecule has 6 nitrogen and oxygen atoms in total. The highest BCUT2D eigenvalue weighted by Gasteiger charge is 2.08. The van der Waals surface area contributed by atoms with E-state index in [1.807, 2.05) is 5.32 Å². The number of imide groups is 1. The van der Waals surface area contributed by atoms with Crippen molar-refractivity contribution in [1.29, 1.82) is 0 Å². The quantitative estimate of drug-likeness (QED) is 0.795. The summed E-state index contributed by atoms with van der Waals surface area (Å²) in [6, 6.07) is 5.00. The molecule has 0 saturated carbocycles. The van der Waals surface area contributed by atoms with Gasteiger partial charge in [-0.15, -0.1) is 0 Å². The SMILES string of the molecule is NC(=O)NC(=O)CCSCc1coc(-c2ccc(F)cc2)n1. The molecule has 0 radical (unpaired) electrons. The first kappa shape index (κ1) is 16.0. The third-order valence-corrected chi connectivity index (χ3v) is 3.62. The molecule has 2 aromatic rings. The number of urea groups is 1. The fourth-order valence-corrected chi connectivity index (χ4v) is 2.46. The average Bonchev–Trinajstić information content (AvgIpc) is 2.92. The van der Waals surface area contributed by atoms with Crippen molar-refractivity contribution in [1.82, 2.24) is 10.3 Å². The van der Waals surface area contributed by atoms with Gasteiger partial charge in [0.2, 0.25) is 11.8 Å². The van der Waals surface area contributed by atoms with Crippen LogP contribution in [0.15, 0.2) is 34.9 Å². The number of oxazole rings is 1. The summed E-state index contributed by atoms with van der Waals surface area (Å²) in [5.41, 5.74) is 6.25. The van der Waals surface area contributed by atoms with E-state index in [0.29, 0.717) is 23.0 Å². The van der Waals surface area contributed by atoms with Crippen molar-refractivity contribution in [2.45, 2.75) is 12.2 Å². The van der Waals surface area contributed by atoms with E-state index in [-0.39, 0.29) is 12.2 Å². The summed E-state index contributed by atoms with van der Waals surface area (Å²) >= 11 is 1.48. The molecule has 0 aliphatic heterocycles. The molecule has 1 aromatic heterocycles. The molecule has 3 N–H and O–H groups in total. The van der Waals surface area contributed by atoms with Crippen LogP contribution >= 0.6 is 11.8 Å². The smallest absolute Gasteiger partial charge is 0.318 e. The minimum atomic E-state index is -0.851. The second kappa shape index (κ2) is 7.60. The molecule has 0 spiro atoms. The van der Waals surface area contributed by atoms with E-state index in [9.17, 15) is 14.0 Å². The zero-order valence-electron chi connectivity index (χ0n) is 11.5. The van der Waals surface area contributed by atoms with Gasteiger partial charge in [0.05, 0.1) is 5.69 Å². The fraction of sp³-hybridized carbons (Fsp3) is 0.214. The normalized spacial score (nSPS) is 10.4. The Morgan fingerprint density at radius 3 is 2.73 bits per heavy atom. The number of hydrogen-bond acceptors (Lipinski definition) is 5. The summed E-state index contributed by atoms with van der Waals surface area (Å²) in [4.78, 5) is 25.9. The minimum Gasteiger partial charge on any atom is -0.444 e. The van der Waals surface area contributed by atoms with Crippen molar-refractivity contribution in [2.24, 2.45) is 5.73 Å². The Bertz CT molecular complexity index is 658. The molecule has 1 heterocycles. The third kappa shape index (κ3) is 4.88. The van der Waals surface area contributed by atoms with Gasteiger partial charge >= 0.3 is 6.03 Å². The number of primary amides is 1. The molecular formula is C14H14FN3O3S. The number of nitrogens with one attached hydrogen (secondary N) is 1. The van der Waals surface area contributed by atoms with Crippen LogP contribution in [0, 0.1) is 5.82 Å². The number of carbonyl (C=O) groups excluding carboxylic acids is 2. The highest BCUT2D eigenvalue weighted by atomic mass is 32.2. The Morgan fingerprint density at radius 2 is 2.05 bits per heavy atom. The van der Waals surface area contributed by atoms with Crippen molar-refractivity contribution in [3.8, 4) is 11.5 Å². The van der Waals surface area contributed by atoms with E-state index in [0.717, 1.165) is 5.69 Å². The van der Waals surface area contributed by atoms with E-state index < -0.39 is 11.9 Å². The topological polar surface area (TPSA) is 98.2 Å². The summed E-state index contributed by atoms with van der Waals surface area (Å²) in [6.07, 6.45) is 1.71. The Balaban J connectivity index is 1.79. The second-order valence-electron chi connectivity index (χ2n) is 4.37. The number of amides is 3. The van der Waals surface area contributed by atoms with Crippen molar-refractivity contribution >= 4 is 23.7 Å². The van der Waals surface area contributed by atoms with Gasteiger partial charge in [-0.3, -0.25) is 10.1 Å². The summed E-state index contributed by atoms with van der Waals surface area (Å²) in [5.74, 6) is 0.779. The molecule has 3 amide bonds. The molecule has 22 heavy (non-hydrogen) atoms. The maximum absolute atomic E-state index is 12.8. The molecule has 0 aliphatic rings. The molecule has 0 aliphatic carbocycles. The van der Waals surface area contributed by atoms with Gasteiger partial charge in [0.25, 0.3) is 0 Å². The summed E-state index contributed by atoms with van der Waals surface area (Å²) < 4.78 is 18.2. The standard InChI is InChI=1S/C14H14FN3O3S/c15-10-3-1-9(2-4-10)13-17-11(7-21-13)8-22-6-5-12(19)18-14(16)20/h1-4,7H,5-6,8H2,(H3,16,18,19,20). The maximum atomic E-state index is 12.8. The van der Waals surface area contributed by atoms with Crippen molar-refractivity contribution in [2.75, 3.05) is 5.75 Å². The number of carbonyl (C=O) groups is 2. The van der Waals surface area contributed by atoms with Gasteiger partial charge in [0.1, 0.15) is 12.1 Å². The lowest BCUT2D eigenvalue weighted by atomic mass is 10.2. The average molecular weight is 323 g/mol. The van der Waals surface area contributed by atoms with Crippen LogP contribution in [-0.2, 0) is 10.5 Å². The van der Waals surface area contributed by atoms with Gasteiger partial charge in [-0.1, -0.05) is 0 Å². The third-order valence-electron chi connectivity index (χ3n) is 2.63. The van der Waals surface area contributed by atoms with Crippen LogP contribution in [0.2, 0.25) is 0 Å². The molecule has 0 atom stereocenters. The number of benzene rings is 1. The van der Waals surface area contributed by atoms with Crippen molar-refractivity contribution in [3.63, 3.8) is 0 Å². The minimum absolute atomic E-state index is 0.191. The molecule has 0 bridgehead atoms.